The maximum Gasteiger partial charge on any atom is 0.337 e. The second-order valence-corrected chi connectivity index (χ2v) is 6.44. The summed E-state index contributed by atoms with van der Waals surface area (Å²) < 4.78 is 4.66. The Hall–Kier alpha value is -2.92. The molecule has 2 aromatic rings. The van der Waals surface area contributed by atoms with Crippen molar-refractivity contribution in [1.29, 1.82) is 0 Å². The third-order valence-electron chi connectivity index (χ3n) is 4.55. The average molecular weight is 380 g/mol. The first-order valence-corrected chi connectivity index (χ1v) is 9.50. The summed E-state index contributed by atoms with van der Waals surface area (Å²) in [6, 6.07) is 15.2. The first kappa shape index (κ1) is 21.4. The number of benzene rings is 2. The molecule has 0 aliphatic rings. The zero-order chi connectivity index (χ0) is 20.4. The first-order valence-electron chi connectivity index (χ1n) is 9.50. The lowest BCUT2D eigenvalue weighted by molar-refractivity contribution is -0.116. The van der Waals surface area contributed by atoms with E-state index < -0.39 is 0 Å². The number of nitrogens with zero attached hydrogens (tertiary/aromatic N) is 1. The molecule has 28 heavy (non-hydrogen) atoms. The van der Waals surface area contributed by atoms with E-state index in [9.17, 15) is 9.59 Å². The summed E-state index contributed by atoms with van der Waals surface area (Å²) in [6.07, 6.45) is 3.20. The SMILES string of the molecule is CCN(CC)Cc1ccc(CNC(=O)/C=C/c2ccc(C(=O)OC)cc2)cc1. The van der Waals surface area contributed by atoms with Crippen molar-refractivity contribution in [3.05, 3.63) is 76.9 Å². The van der Waals surface area contributed by atoms with Gasteiger partial charge in [-0.15, -0.1) is 0 Å². The van der Waals surface area contributed by atoms with E-state index in [-0.39, 0.29) is 11.9 Å². The highest BCUT2D eigenvalue weighted by Gasteiger charge is 2.04. The van der Waals surface area contributed by atoms with Crippen LogP contribution < -0.4 is 5.32 Å². The van der Waals surface area contributed by atoms with Gasteiger partial charge in [-0.2, -0.15) is 0 Å². The van der Waals surface area contributed by atoms with Crippen molar-refractivity contribution in [2.24, 2.45) is 0 Å². The van der Waals surface area contributed by atoms with Crippen LogP contribution in [-0.4, -0.2) is 37.0 Å². The summed E-state index contributed by atoms with van der Waals surface area (Å²) in [5.74, 6) is -0.541. The van der Waals surface area contributed by atoms with Crippen LogP contribution in [-0.2, 0) is 22.6 Å². The van der Waals surface area contributed by atoms with E-state index in [0.717, 1.165) is 30.8 Å². The number of ether oxygens (including phenoxy) is 1. The van der Waals surface area contributed by atoms with Crippen molar-refractivity contribution < 1.29 is 14.3 Å². The summed E-state index contributed by atoms with van der Waals surface area (Å²) in [4.78, 5) is 25.8. The molecule has 0 fully saturated rings. The van der Waals surface area contributed by atoms with Crippen LogP contribution in [0.15, 0.2) is 54.6 Å². The highest BCUT2D eigenvalue weighted by atomic mass is 16.5. The lowest BCUT2D eigenvalue weighted by atomic mass is 10.1. The molecule has 5 nitrogen and oxygen atoms in total. The topological polar surface area (TPSA) is 58.6 Å². The number of nitrogens with one attached hydrogen (secondary N) is 1. The fourth-order valence-electron chi connectivity index (χ4n) is 2.74. The number of carbonyl (C=O) groups excluding carboxylic acids is 2. The summed E-state index contributed by atoms with van der Waals surface area (Å²) in [6.45, 7) is 7.81. The lowest BCUT2D eigenvalue weighted by Gasteiger charge is -2.18. The minimum atomic E-state index is -0.378. The minimum Gasteiger partial charge on any atom is -0.465 e. The fraction of sp³-hybridized carbons (Fsp3) is 0.304. The third kappa shape index (κ3) is 6.67. The Morgan fingerprint density at radius 3 is 2.14 bits per heavy atom. The monoisotopic (exact) mass is 380 g/mol. The van der Waals surface area contributed by atoms with E-state index in [2.05, 4.69) is 40.9 Å². The first-order chi connectivity index (χ1) is 13.5. The van der Waals surface area contributed by atoms with E-state index in [1.165, 1.54) is 18.7 Å². The molecule has 0 aliphatic heterocycles. The normalized spacial score (nSPS) is 11.0. The summed E-state index contributed by atoms with van der Waals surface area (Å²) in [5.41, 5.74) is 3.65. The highest BCUT2D eigenvalue weighted by molar-refractivity contribution is 5.92. The highest BCUT2D eigenvalue weighted by Crippen LogP contribution is 2.09. The van der Waals surface area contributed by atoms with Gasteiger partial charge in [-0.1, -0.05) is 50.2 Å². The molecule has 2 aromatic carbocycles. The molecule has 0 aromatic heterocycles. The van der Waals surface area contributed by atoms with Gasteiger partial charge < -0.3 is 10.1 Å². The summed E-state index contributed by atoms with van der Waals surface area (Å²) in [5, 5.41) is 2.88. The number of methoxy groups -OCH3 is 1. The van der Waals surface area contributed by atoms with Crippen molar-refractivity contribution in [3.8, 4) is 0 Å². The molecular formula is C23H28N2O3. The maximum absolute atomic E-state index is 12.0. The molecule has 0 aliphatic carbocycles. The Morgan fingerprint density at radius 1 is 0.964 bits per heavy atom. The van der Waals surface area contributed by atoms with Crippen LogP contribution in [0.5, 0.6) is 0 Å². The molecule has 0 atom stereocenters. The predicted octanol–water partition coefficient (Wildman–Crippen LogP) is 3.64. The molecule has 0 saturated heterocycles. The molecule has 0 saturated carbocycles. The fourth-order valence-corrected chi connectivity index (χ4v) is 2.74. The van der Waals surface area contributed by atoms with Crippen LogP contribution in [0.25, 0.3) is 6.08 Å². The number of amides is 1. The Balaban J connectivity index is 1.83. The lowest BCUT2D eigenvalue weighted by Crippen LogP contribution is -2.22. The molecule has 5 heteroatoms. The number of esters is 1. The van der Waals surface area contributed by atoms with Crippen LogP contribution in [0.2, 0.25) is 0 Å². The van der Waals surface area contributed by atoms with Crippen LogP contribution >= 0.6 is 0 Å². The molecule has 2 rings (SSSR count). The predicted molar refractivity (Wildman–Crippen MR) is 112 cm³/mol. The van der Waals surface area contributed by atoms with Gasteiger partial charge in [0.1, 0.15) is 0 Å². The van der Waals surface area contributed by atoms with Crippen LogP contribution in [0.1, 0.15) is 40.9 Å². The van der Waals surface area contributed by atoms with Gasteiger partial charge in [0, 0.05) is 19.2 Å². The molecule has 0 heterocycles. The van der Waals surface area contributed by atoms with Gasteiger partial charge in [-0.3, -0.25) is 9.69 Å². The van der Waals surface area contributed by atoms with E-state index in [4.69, 9.17) is 0 Å². The van der Waals surface area contributed by atoms with Crippen molar-refractivity contribution in [3.63, 3.8) is 0 Å². The maximum atomic E-state index is 12.0. The third-order valence-corrected chi connectivity index (χ3v) is 4.55. The summed E-state index contributed by atoms with van der Waals surface area (Å²) >= 11 is 0. The van der Waals surface area contributed by atoms with Gasteiger partial charge in [-0.05, 0) is 48.0 Å². The van der Waals surface area contributed by atoms with E-state index in [1.807, 2.05) is 12.1 Å². The second-order valence-electron chi connectivity index (χ2n) is 6.44. The smallest absolute Gasteiger partial charge is 0.337 e. The molecule has 148 valence electrons. The zero-order valence-corrected chi connectivity index (χ0v) is 16.8. The Labute approximate surface area is 167 Å². The Kier molecular flexibility index (Phi) is 8.43. The number of carbonyl (C=O) groups is 2. The molecule has 0 spiro atoms. The zero-order valence-electron chi connectivity index (χ0n) is 16.8. The van der Waals surface area contributed by atoms with Gasteiger partial charge in [0.25, 0.3) is 0 Å². The van der Waals surface area contributed by atoms with Gasteiger partial charge >= 0.3 is 5.97 Å². The van der Waals surface area contributed by atoms with Crippen LogP contribution in [0.3, 0.4) is 0 Å². The Morgan fingerprint density at radius 2 is 1.57 bits per heavy atom. The van der Waals surface area contributed by atoms with Crippen LogP contribution in [0, 0.1) is 0 Å². The van der Waals surface area contributed by atoms with Crippen molar-refractivity contribution in [2.75, 3.05) is 20.2 Å². The number of rotatable bonds is 9. The number of hydrogen-bond acceptors (Lipinski definition) is 4. The molecule has 1 amide bonds. The second kappa shape index (κ2) is 11.0. The largest absolute Gasteiger partial charge is 0.465 e. The van der Waals surface area contributed by atoms with Gasteiger partial charge in [0.2, 0.25) is 5.91 Å². The van der Waals surface area contributed by atoms with Gasteiger partial charge in [0.05, 0.1) is 12.7 Å². The van der Waals surface area contributed by atoms with E-state index in [1.54, 1.807) is 30.3 Å². The van der Waals surface area contributed by atoms with E-state index in [0.29, 0.717) is 12.1 Å². The van der Waals surface area contributed by atoms with Crippen molar-refractivity contribution in [1.82, 2.24) is 10.2 Å². The van der Waals surface area contributed by atoms with Crippen molar-refractivity contribution >= 4 is 18.0 Å². The average Bonchev–Trinajstić information content (AvgIpc) is 2.75. The molecule has 0 bridgehead atoms. The van der Waals surface area contributed by atoms with Gasteiger partial charge in [-0.25, -0.2) is 4.79 Å². The minimum absolute atomic E-state index is 0.163. The van der Waals surface area contributed by atoms with E-state index >= 15 is 0 Å². The van der Waals surface area contributed by atoms with Crippen LogP contribution in [0.4, 0.5) is 0 Å². The number of hydrogen-bond donors (Lipinski definition) is 1. The molecular weight excluding hydrogens is 352 g/mol. The molecule has 0 radical (unpaired) electrons. The van der Waals surface area contributed by atoms with Gasteiger partial charge in [0.15, 0.2) is 0 Å². The quantitative estimate of drug-likeness (QED) is 0.533. The standard InChI is InChI=1S/C23H28N2O3/c1-4-25(5-2)17-20-8-6-19(7-9-20)16-24-22(26)15-12-18-10-13-21(14-11-18)23(27)28-3/h6-15H,4-5,16-17H2,1-3H3,(H,24,26)/b15-12+. The Bertz CT molecular complexity index is 792. The molecule has 1 N–H and O–H groups in total. The summed E-state index contributed by atoms with van der Waals surface area (Å²) in [7, 11) is 1.35. The van der Waals surface area contributed by atoms with Crippen molar-refractivity contribution in [2.45, 2.75) is 26.9 Å². The molecule has 0 unspecified atom stereocenters.